The summed E-state index contributed by atoms with van der Waals surface area (Å²) in [5.74, 6) is 0.881. The Labute approximate surface area is 305 Å². The lowest BCUT2D eigenvalue weighted by molar-refractivity contribution is 0.228. The van der Waals surface area contributed by atoms with Crippen LogP contribution in [0.15, 0.2) is 169 Å². The summed E-state index contributed by atoms with van der Waals surface area (Å²) < 4.78 is 2.51. The van der Waals surface area contributed by atoms with E-state index in [1.54, 1.807) is 0 Å². The van der Waals surface area contributed by atoms with Gasteiger partial charge in [-0.25, -0.2) is 4.99 Å². The first kappa shape index (κ1) is 30.9. The summed E-state index contributed by atoms with van der Waals surface area (Å²) in [6.07, 6.45) is 1.51. The third-order valence-electron chi connectivity index (χ3n) is 11.8. The number of benzene rings is 6. The molecule has 2 N–H and O–H groups in total. The van der Waals surface area contributed by atoms with Gasteiger partial charge in [0.15, 0.2) is 6.29 Å². The molecule has 4 atom stereocenters. The molecule has 0 bridgehead atoms. The van der Waals surface area contributed by atoms with Crippen LogP contribution in [0.4, 0.5) is 11.4 Å². The molecule has 7 aromatic rings. The van der Waals surface area contributed by atoms with Gasteiger partial charge >= 0.3 is 0 Å². The third-order valence-corrected chi connectivity index (χ3v) is 11.8. The second-order valence-electron chi connectivity index (χ2n) is 14.9. The highest BCUT2D eigenvalue weighted by Crippen LogP contribution is 2.55. The highest BCUT2D eigenvalue weighted by atomic mass is 15.4. The zero-order chi connectivity index (χ0) is 34.9. The Morgan fingerprint density at radius 2 is 1.25 bits per heavy atom. The van der Waals surface area contributed by atoms with Crippen LogP contribution >= 0.6 is 0 Å². The fraction of sp³-hybridized carbons (Fsp3) is 0.170. The van der Waals surface area contributed by atoms with Crippen molar-refractivity contribution in [2.24, 2.45) is 4.99 Å². The van der Waals surface area contributed by atoms with Gasteiger partial charge in [0.25, 0.3) is 0 Å². The summed E-state index contributed by atoms with van der Waals surface area (Å²) in [7, 11) is 0. The first-order valence-corrected chi connectivity index (χ1v) is 18.4. The van der Waals surface area contributed by atoms with Crippen LogP contribution in [-0.4, -0.2) is 16.4 Å². The number of hydrogen-bond acceptors (Lipinski definition) is 4. The van der Waals surface area contributed by atoms with Crippen LogP contribution < -0.4 is 15.5 Å². The van der Waals surface area contributed by atoms with Crippen LogP contribution in [0.3, 0.4) is 0 Å². The van der Waals surface area contributed by atoms with Gasteiger partial charge in [-0.15, -0.1) is 0 Å². The van der Waals surface area contributed by atoms with Gasteiger partial charge in [0.05, 0.1) is 5.52 Å². The number of para-hydroxylation sites is 3. The molecule has 0 saturated heterocycles. The maximum Gasteiger partial charge on any atom is 0.184 e. The largest absolute Gasteiger partial charge is 0.348 e. The predicted octanol–water partition coefficient (Wildman–Crippen LogP) is 9.85. The quantitative estimate of drug-likeness (QED) is 0.191. The lowest BCUT2D eigenvalue weighted by Gasteiger charge is -2.43. The van der Waals surface area contributed by atoms with E-state index < -0.39 is 5.66 Å². The third kappa shape index (κ3) is 4.76. The van der Waals surface area contributed by atoms with Crippen molar-refractivity contribution in [3.63, 3.8) is 0 Å². The number of nitrogens with one attached hydrogen (secondary N) is 2. The molecule has 5 nitrogen and oxygen atoms in total. The molecule has 1 aromatic heterocycles. The molecule has 0 saturated carbocycles. The maximum absolute atomic E-state index is 5.50. The van der Waals surface area contributed by atoms with Crippen LogP contribution in [0.1, 0.15) is 48.1 Å². The molecule has 6 aromatic carbocycles. The van der Waals surface area contributed by atoms with E-state index in [0.29, 0.717) is 0 Å². The van der Waals surface area contributed by atoms with Crippen LogP contribution in [0.25, 0.3) is 22.0 Å². The average Bonchev–Trinajstić information content (AvgIpc) is 3.65. The standard InChI is InChI=1S/C47H41N5/c1-46-31-42-38(30-43(46)51(36-20-10-5-11-21-36)41-25-15-13-23-39(41)46)37-22-12-14-24-40(37)52(42)45-48-44(34-18-8-4-9-19-34)49-47(2,50-45)35-28-26-33(27-29-35)32-16-6-3-7-17-32/h3-29,43,45,50H,30-31H2,1-2H3,(H,48,49). The minimum absolute atomic E-state index is 0.0962. The number of aromatic nitrogens is 1. The summed E-state index contributed by atoms with van der Waals surface area (Å²) in [4.78, 5) is 8.11. The van der Waals surface area contributed by atoms with Crippen LogP contribution in [0.5, 0.6) is 0 Å². The highest BCUT2D eigenvalue weighted by Gasteiger charge is 2.52. The number of nitrogens with zero attached hydrogens (tertiary/aromatic N) is 3. The molecule has 3 heterocycles. The molecule has 254 valence electrons. The molecule has 52 heavy (non-hydrogen) atoms. The molecule has 1 aliphatic carbocycles. The normalized spacial score (nSPS) is 23.3. The van der Waals surface area contributed by atoms with E-state index in [1.165, 1.54) is 50.2 Å². The number of anilines is 2. The molecule has 5 heteroatoms. The van der Waals surface area contributed by atoms with Crippen molar-refractivity contribution in [1.82, 2.24) is 15.2 Å². The molecule has 2 aliphatic heterocycles. The van der Waals surface area contributed by atoms with Gasteiger partial charge in [0.1, 0.15) is 11.5 Å². The Bertz CT molecular complexity index is 2450. The Kier molecular flexibility index (Phi) is 7.02. The van der Waals surface area contributed by atoms with Gasteiger partial charge in [-0.1, -0.05) is 146 Å². The smallest absolute Gasteiger partial charge is 0.184 e. The molecule has 3 aliphatic rings. The fourth-order valence-corrected chi connectivity index (χ4v) is 9.23. The molecule has 0 fully saturated rings. The van der Waals surface area contributed by atoms with E-state index in [-0.39, 0.29) is 17.7 Å². The van der Waals surface area contributed by atoms with Crippen LogP contribution in [0, 0.1) is 0 Å². The number of amidine groups is 1. The van der Waals surface area contributed by atoms with Gasteiger partial charge in [-0.05, 0) is 71.8 Å². The summed E-state index contributed by atoms with van der Waals surface area (Å²) in [5.41, 5.74) is 11.9. The predicted molar refractivity (Wildman–Crippen MR) is 213 cm³/mol. The lowest BCUT2D eigenvalue weighted by atomic mass is 9.68. The van der Waals surface area contributed by atoms with Crippen molar-refractivity contribution in [2.75, 3.05) is 4.90 Å². The van der Waals surface area contributed by atoms with Crippen molar-refractivity contribution >= 4 is 28.1 Å². The van der Waals surface area contributed by atoms with Crippen molar-refractivity contribution in [2.45, 2.75) is 50.1 Å². The van der Waals surface area contributed by atoms with Gasteiger partial charge < -0.3 is 14.8 Å². The van der Waals surface area contributed by atoms with E-state index in [4.69, 9.17) is 4.99 Å². The number of hydrogen-bond donors (Lipinski definition) is 2. The van der Waals surface area contributed by atoms with Gasteiger partial charge in [0.2, 0.25) is 0 Å². The monoisotopic (exact) mass is 675 g/mol. The first-order valence-electron chi connectivity index (χ1n) is 18.4. The van der Waals surface area contributed by atoms with Gasteiger partial charge in [-0.2, -0.15) is 0 Å². The fourth-order valence-electron chi connectivity index (χ4n) is 9.23. The molecule has 0 spiro atoms. The number of fused-ring (bicyclic) bond motifs is 6. The van der Waals surface area contributed by atoms with E-state index in [2.05, 4.69) is 198 Å². The molecule has 0 amide bonds. The second kappa shape index (κ2) is 11.8. The summed E-state index contributed by atoms with van der Waals surface area (Å²) >= 11 is 0. The topological polar surface area (TPSA) is 44.6 Å². The Morgan fingerprint density at radius 3 is 2.00 bits per heavy atom. The first-order chi connectivity index (χ1) is 25.5. The summed E-state index contributed by atoms with van der Waals surface area (Å²) in [6, 6.07) is 59.3. The maximum atomic E-state index is 5.50. The SMILES string of the molecule is CC1(c2ccc(-c3ccccc3)cc2)NC(c2ccccc2)=NC(n2c3c(c4ccccc42)CC2N(c4ccccc4)c4ccccc4C2(C)C3)N1. The molecular formula is C47H41N5. The van der Waals surface area contributed by atoms with Gasteiger partial charge in [0, 0.05) is 39.5 Å². The van der Waals surface area contributed by atoms with Gasteiger partial charge in [-0.3, -0.25) is 5.32 Å². The van der Waals surface area contributed by atoms with E-state index in [9.17, 15) is 0 Å². The number of rotatable bonds is 5. The average molecular weight is 676 g/mol. The summed E-state index contributed by atoms with van der Waals surface area (Å²) in [6.45, 7) is 4.73. The minimum Gasteiger partial charge on any atom is -0.348 e. The molecule has 10 rings (SSSR count). The highest BCUT2D eigenvalue weighted by molar-refractivity contribution is 6.00. The lowest BCUT2D eigenvalue weighted by Crippen LogP contribution is -2.59. The zero-order valence-electron chi connectivity index (χ0n) is 29.5. The summed E-state index contributed by atoms with van der Waals surface area (Å²) in [5, 5.41) is 9.19. The van der Waals surface area contributed by atoms with Crippen LogP contribution in [-0.2, 0) is 23.9 Å². The van der Waals surface area contributed by atoms with Crippen molar-refractivity contribution < 1.29 is 0 Å². The van der Waals surface area contributed by atoms with E-state index in [0.717, 1.165) is 29.8 Å². The van der Waals surface area contributed by atoms with Crippen molar-refractivity contribution in [3.8, 4) is 11.1 Å². The Hall–Kier alpha value is -5.91. The van der Waals surface area contributed by atoms with Crippen molar-refractivity contribution in [3.05, 3.63) is 192 Å². The molecule has 0 radical (unpaired) electrons. The van der Waals surface area contributed by atoms with E-state index in [1.807, 2.05) is 0 Å². The molecule has 4 unspecified atom stereocenters. The second-order valence-corrected chi connectivity index (χ2v) is 14.9. The molecular weight excluding hydrogens is 635 g/mol. The van der Waals surface area contributed by atoms with Crippen LogP contribution in [0.2, 0.25) is 0 Å². The Morgan fingerprint density at radius 1 is 0.635 bits per heavy atom. The van der Waals surface area contributed by atoms with Crippen molar-refractivity contribution in [1.29, 1.82) is 0 Å². The zero-order valence-corrected chi connectivity index (χ0v) is 29.5. The number of aliphatic imine (C=N–C) groups is 1. The van der Waals surface area contributed by atoms with E-state index >= 15 is 0 Å². The minimum atomic E-state index is -0.601. The Balaban J connectivity index is 1.12.